The van der Waals surface area contributed by atoms with E-state index in [1.807, 2.05) is 18.2 Å². The van der Waals surface area contributed by atoms with Crippen molar-refractivity contribution in [2.75, 3.05) is 20.8 Å². The van der Waals surface area contributed by atoms with E-state index >= 15 is 0 Å². The maximum atomic E-state index is 10.1. The first-order valence-electron chi connectivity index (χ1n) is 7.40. The van der Waals surface area contributed by atoms with E-state index in [-0.39, 0.29) is 17.6 Å². The maximum absolute atomic E-state index is 10.1. The summed E-state index contributed by atoms with van der Waals surface area (Å²) < 4.78 is 10.6. The second kappa shape index (κ2) is 7.66. The monoisotopic (exact) mass is 295 g/mol. The first kappa shape index (κ1) is 17.8. The summed E-state index contributed by atoms with van der Waals surface area (Å²) in [5, 5.41) is 13.4. The quantitative estimate of drug-likeness (QED) is 0.811. The van der Waals surface area contributed by atoms with E-state index in [1.54, 1.807) is 14.2 Å². The SMILES string of the molecule is COc1ccc(C(C)NCC(O)CC(C)(C)C)cc1OC. The number of aliphatic hydroxyl groups excluding tert-OH is 1. The zero-order valence-corrected chi connectivity index (χ0v) is 14.1. The van der Waals surface area contributed by atoms with Crippen LogP contribution in [0.3, 0.4) is 0 Å². The fourth-order valence-electron chi connectivity index (χ4n) is 2.33. The Bertz CT molecular complexity index is 440. The van der Waals surface area contributed by atoms with Gasteiger partial charge in [-0.15, -0.1) is 0 Å². The molecule has 1 aromatic rings. The minimum Gasteiger partial charge on any atom is -0.493 e. The molecule has 0 spiro atoms. The molecule has 4 heteroatoms. The van der Waals surface area contributed by atoms with Crippen LogP contribution in [0.5, 0.6) is 11.5 Å². The minimum absolute atomic E-state index is 0.133. The minimum atomic E-state index is -0.340. The molecule has 1 rings (SSSR count). The summed E-state index contributed by atoms with van der Waals surface area (Å²) in [6.07, 6.45) is 0.436. The fourth-order valence-corrected chi connectivity index (χ4v) is 2.33. The third kappa shape index (κ3) is 5.94. The van der Waals surface area contributed by atoms with Crippen LogP contribution in [0.25, 0.3) is 0 Å². The Labute approximate surface area is 128 Å². The molecule has 2 unspecified atom stereocenters. The second-order valence-electron chi connectivity index (χ2n) is 6.66. The summed E-state index contributed by atoms with van der Waals surface area (Å²) in [5.74, 6) is 1.44. The van der Waals surface area contributed by atoms with Gasteiger partial charge in [0.05, 0.1) is 20.3 Å². The number of methoxy groups -OCH3 is 2. The van der Waals surface area contributed by atoms with Crippen LogP contribution in [-0.2, 0) is 0 Å². The van der Waals surface area contributed by atoms with Gasteiger partial charge >= 0.3 is 0 Å². The number of ether oxygens (including phenoxy) is 2. The molecule has 0 radical (unpaired) electrons. The molecule has 0 aliphatic heterocycles. The Hall–Kier alpha value is -1.26. The molecule has 0 bridgehead atoms. The number of benzene rings is 1. The van der Waals surface area contributed by atoms with Crippen molar-refractivity contribution in [2.24, 2.45) is 5.41 Å². The third-order valence-electron chi connectivity index (χ3n) is 3.42. The van der Waals surface area contributed by atoms with Crippen LogP contribution in [0, 0.1) is 5.41 Å². The van der Waals surface area contributed by atoms with E-state index < -0.39 is 0 Å². The molecule has 2 N–H and O–H groups in total. The van der Waals surface area contributed by atoms with E-state index in [9.17, 15) is 5.11 Å². The first-order valence-corrected chi connectivity index (χ1v) is 7.40. The maximum Gasteiger partial charge on any atom is 0.161 e. The molecular weight excluding hydrogens is 266 g/mol. The Kier molecular flexibility index (Phi) is 6.49. The Balaban J connectivity index is 2.61. The lowest BCUT2D eigenvalue weighted by Crippen LogP contribution is -2.31. The molecule has 4 nitrogen and oxygen atoms in total. The lowest BCUT2D eigenvalue weighted by Gasteiger charge is -2.24. The van der Waals surface area contributed by atoms with Crippen LogP contribution in [-0.4, -0.2) is 32.0 Å². The van der Waals surface area contributed by atoms with Gasteiger partial charge in [-0.1, -0.05) is 26.8 Å². The molecule has 0 heterocycles. The summed E-state index contributed by atoms with van der Waals surface area (Å²) in [5.41, 5.74) is 1.24. The topological polar surface area (TPSA) is 50.7 Å². The standard InChI is InChI=1S/C17H29NO3/c1-12(18-11-14(19)10-17(2,3)4)13-7-8-15(20-5)16(9-13)21-6/h7-9,12,14,18-19H,10-11H2,1-6H3. The molecule has 2 atom stereocenters. The van der Waals surface area contributed by atoms with E-state index in [4.69, 9.17) is 9.47 Å². The van der Waals surface area contributed by atoms with Crippen molar-refractivity contribution in [3.63, 3.8) is 0 Å². The van der Waals surface area contributed by atoms with Crippen LogP contribution in [0.1, 0.15) is 45.7 Å². The van der Waals surface area contributed by atoms with Gasteiger partial charge in [-0.25, -0.2) is 0 Å². The lowest BCUT2D eigenvalue weighted by atomic mass is 9.89. The predicted octanol–water partition coefficient (Wildman–Crippen LogP) is 3.15. The smallest absolute Gasteiger partial charge is 0.161 e. The van der Waals surface area contributed by atoms with Crippen LogP contribution in [0.2, 0.25) is 0 Å². The highest BCUT2D eigenvalue weighted by Crippen LogP contribution is 2.30. The molecule has 1 aromatic carbocycles. The van der Waals surface area contributed by atoms with E-state index in [2.05, 4.69) is 33.0 Å². The molecule has 0 amide bonds. The van der Waals surface area contributed by atoms with E-state index in [0.29, 0.717) is 6.54 Å². The predicted molar refractivity (Wildman–Crippen MR) is 86.0 cm³/mol. The summed E-state index contributed by atoms with van der Waals surface area (Å²) in [7, 11) is 3.26. The van der Waals surface area contributed by atoms with Crippen LogP contribution in [0.15, 0.2) is 18.2 Å². The lowest BCUT2D eigenvalue weighted by molar-refractivity contribution is 0.117. The van der Waals surface area contributed by atoms with E-state index in [0.717, 1.165) is 23.5 Å². The molecule has 0 saturated carbocycles. The van der Waals surface area contributed by atoms with Gasteiger partial charge in [0.15, 0.2) is 11.5 Å². The van der Waals surface area contributed by atoms with Gasteiger partial charge in [-0.2, -0.15) is 0 Å². The normalized spacial score (nSPS) is 14.6. The van der Waals surface area contributed by atoms with Crippen molar-refractivity contribution in [1.82, 2.24) is 5.32 Å². The van der Waals surface area contributed by atoms with Crippen molar-refractivity contribution >= 4 is 0 Å². The molecular formula is C17H29NO3. The zero-order valence-electron chi connectivity index (χ0n) is 14.1. The third-order valence-corrected chi connectivity index (χ3v) is 3.42. The molecule has 0 aliphatic carbocycles. The van der Waals surface area contributed by atoms with Crippen LogP contribution in [0.4, 0.5) is 0 Å². The highest BCUT2D eigenvalue weighted by molar-refractivity contribution is 5.43. The van der Waals surface area contributed by atoms with Gasteiger partial charge in [0.1, 0.15) is 0 Å². The average molecular weight is 295 g/mol. The summed E-state index contributed by atoms with van der Waals surface area (Å²) in [4.78, 5) is 0. The summed E-state index contributed by atoms with van der Waals surface area (Å²) in [6, 6.07) is 6.01. The highest BCUT2D eigenvalue weighted by atomic mass is 16.5. The van der Waals surface area contributed by atoms with Gasteiger partial charge in [0.2, 0.25) is 0 Å². The van der Waals surface area contributed by atoms with Gasteiger partial charge in [0.25, 0.3) is 0 Å². The number of nitrogens with one attached hydrogen (secondary N) is 1. The molecule has 0 fully saturated rings. The number of rotatable bonds is 7. The zero-order chi connectivity index (χ0) is 16.0. The van der Waals surface area contributed by atoms with Gasteiger partial charge in [-0.3, -0.25) is 0 Å². The second-order valence-corrected chi connectivity index (χ2v) is 6.66. The van der Waals surface area contributed by atoms with Gasteiger partial charge in [0, 0.05) is 12.6 Å². The largest absolute Gasteiger partial charge is 0.493 e. The average Bonchev–Trinajstić information content (AvgIpc) is 2.42. The number of aliphatic hydroxyl groups is 1. The Morgan fingerprint density at radius 1 is 1.14 bits per heavy atom. The van der Waals surface area contributed by atoms with Crippen molar-refractivity contribution < 1.29 is 14.6 Å². The molecule has 21 heavy (non-hydrogen) atoms. The summed E-state index contributed by atoms with van der Waals surface area (Å²) in [6.45, 7) is 9.05. The number of hydrogen-bond acceptors (Lipinski definition) is 4. The molecule has 0 aromatic heterocycles. The van der Waals surface area contributed by atoms with Gasteiger partial charge in [-0.05, 0) is 36.5 Å². The molecule has 120 valence electrons. The van der Waals surface area contributed by atoms with Crippen LogP contribution >= 0.6 is 0 Å². The molecule has 0 aliphatic rings. The Morgan fingerprint density at radius 3 is 2.29 bits per heavy atom. The first-order chi connectivity index (χ1) is 9.76. The molecule has 0 saturated heterocycles. The van der Waals surface area contributed by atoms with Crippen LogP contribution < -0.4 is 14.8 Å². The number of hydrogen-bond donors (Lipinski definition) is 2. The van der Waals surface area contributed by atoms with Gasteiger partial charge < -0.3 is 19.9 Å². The van der Waals surface area contributed by atoms with Crippen molar-refractivity contribution in [2.45, 2.75) is 46.3 Å². The van der Waals surface area contributed by atoms with E-state index in [1.165, 1.54) is 0 Å². The Morgan fingerprint density at radius 2 is 1.76 bits per heavy atom. The summed E-state index contributed by atoms with van der Waals surface area (Å²) >= 11 is 0. The van der Waals surface area contributed by atoms with Crippen molar-refractivity contribution in [3.8, 4) is 11.5 Å². The fraction of sp³-hybridized carbons (Fsp3) is 0.647. The van der Waals surface area contributed by atoms with Crippen molar-refractivity contribution in [3.05, 3.63) is 23.8 Å². The van der Waals surface area contributed by atoms with Crippen molar-refractivity contribution in [1.29, 1.82) is 0 Å². The highest BCUT2D eigenvalue weighted by Gasteiger charge is 2.17.